The summed E-state index contributed by atoms with van der Waals surface area (Å²) >= 11 is 0. The van der Waals surface area contributed by atoms with Gasteiger partial charge in [-0.2, -0.15) is 0 Å². The fourth-order valence-corrected chi connectivity index (χ4v) is 2.65. The predicted molar refractivity (Wildman–Crippen MR) is 103 cm³/mol. The third-order valence-electron chi connectivity index (χ3n) is 3.81. The summed E-state index contributed by atoms with van der Waals surface area (Å²) in [6, 6.07) is 21.2. The average Bonchev–Trinajstić information content (AvgIpc) is 2.56. The van der Waals surface area contributed by atoms with Gasteiger partial charge in [-0.15, -0.1) is 24.0 Å². The molecule has 0 aliphatic carbocycles. The number of guanidine groups is 1. The van der Waals surface area contributed by atoms with E-state index < -0.39 is 0 Å². The van der Waals surface area contributed by atoms with Gasteiger partial charge in [0.1, 0.15) is 0 Å². The van der Waals surface area contributed by atoms with Gasteiger partial charge in [0.2, 0.25) is 0 Å². The molecule has 0 unspecified atom stereocenters. The fourth-order valence-electron chi connectivity index (χ4n) is 2.65. The Morgan fingerprint density at radius 1 is 0.955 bits per heavy atom. The Kier molecular flexibility index (Phi) is 6.24. The molecule has 3 nitrogen and oxygen atoms in total. The van der Waals surface area contributed by atoms with Crippen LogP contribution in [0.5, 0.6) is 0 Å². The number of hydrogen-bond donors (Lipinski definition) is 1. The lowest BCUT2D eigenvalue weighted by Gasteiger charge is -2.30. The van der Waals surface area contributed by atoms with Gasteiger partial charge in [0.25, 0.3) is 0 Å². The van der Waals surface area contributed by atoms with Crippen molar-refractivity contribution >= 4 is 29.9 Å². The predicted octanol–water partition coefficient (Wildman–Crippen LogP) is 3.68. The van der Waals surface area contributed by atoms with Crippen LogP contribution < -0.4 is 5.32 Å². The van der Waals surface area contributed by atoms with Crippen molar-refractivity contribution in [3.63, 3.8) is 0 Å². The third kappa shape index (κ3) is 4.00. The number of nitrogens with zero attached hydrogens (tertiary/aromatic N) is 2. The molecule has 2 aromatic carbocycles. The Labute approximate surface area is 149 Å². The number of nitrogens with one attached hydrogen (secondary N) is 1. The van der Waals surface area contributed by atoms with Gasteiger partial charge in [0.15, 0.2) is 5.96 Å². The summed E-state index contributed by atoms with van der Waals surface area (Å²) in [5.41, 5.74) is 2.51. The second-order valence-corrected chi connectivity index (χ2v) is 5.38. The van der Waals surface area contributed by atoms with E-state index in [1.807, 2.05) is 0 Å². The summed E-state index contributed by atoms with van der Waals surface area (Å²) in [6.45, 7) is 1.96. The Bertz CT molecular complexity index is 559. The van der Waals surface area contributed by atoms with Gasteiger partial charge in [-0.1, -0.05) is 60.7 Å². The topological polar surface area (TPSA) is 27.6 Å². The maximum Gasteiger partial charge on any atom is 0.194 e. The van der Waals surface area contributed by atoms with Gasteiger partial charge in [-0.3, -0.25) is 4.99 Å². The molecule has 4 heteroatoms. The summed E-state index contributed by atoms with van der Waals surface area (Å²) < 4.78 is 0. The molecule has 2 aromatic rings. The van der Waals surface area contributed by atoms with E-state index in [0.29, 0.717) is 0 Å². The van der Waals surface area contributed by atoms with E-state index in [1.54, 1.807) is 0 Å². The highest BCUT2D eigenvalue weighted by molar-refractivity contribution is 14.0. The Hall–Kier alpha value is -1.56. The first kappa shape index (κ1) is 16.8. The molecular formula is C18H22IN3. The lowest BCUT2D eigenvalue weighted by Crippen LogP contribution is -2.43. The van der Waals surface area contributed by atoms with Crippen LogP contribution in [0.15, 0.2) is 65.7 Å². The second-order valence-electron chi connectivity index (χ2n) is 5.38. The lowest BCUT2D eigenvalue weighted by molar-refractivity contribution is 0.440. The maximum atomic E-state index is 4.63. The minimum atomic E-state index is 0. The summed E-state index contributed by atoms with van der Waals surface area (Å²) in [5.74, 6) is 0.985. The molecule has 0 saturated carbocycles. The van der Waals surface area contributed by atoms with Gasteiger partial charge in [-0.05, 0) is 17.5 Å². The molecule has 1 aliphatic heterocycles. The van der Waals surface area contributed by atoms with Crippen LogP contribution in [0.4, 0.5) is 0 Å². The summed E-state index contributed by atoms with van der Waals surface area (Å²) in [7, 11) is 2.10. The minimum absolute atomic E-state index is 0. The van der Waals surface area contributed by atoms with Crippen molar-refractivity contribution in [2.75, 3.05) is 20.1 Å². The van der Waals surface area contributed by atoms with E-state index in [0.717, 1.165) is 25.5 Å². The van der Waals surface area contributed by atoms with E-state index in [-0.39, 0.29) is 30.0 Å². The smallest absolute Gasteiger partial charge is 0.194 e. The van der Waals surface area contributed by atoms with Crippen LogP contribution in [0.25, 0.3) is 0 Å². The van der Waals surface area contributed by atoms with Crippen molar-refractivity contribution in [1.82, 2.24) is 10.2 Å². The molecule has 0 atom stereocenters. The van der Waals surface area contributed by atoms with Crippen molar-refractivity contribution in [2.24, 2.45) is 4.99 Å². The average molecular weight is 407 g/mol. The highest BCUT2D eigenvalue weighted by Gasteiger charge is 2.18. The summed E-state index contributed by atoms with van der Waals surface area (Å²) in [6.07, 6.45) is 1.13. The molecular weight excluding hydrogens is 385 g/mol. The molecule has 22 heavy (non-hydrogen) atoms. The first-order chi connectivity index (χ1) is 10.3. The highest BCUT2D eigenvalue weighted by Crippen LogP contribution is 2.22. The molecule has 0 fully saturated rings. The molecule has 0 amide bonds. The SMILES string of the molecule is CN1CCCN=C1NC(c1ccccc1)c1ccccc1.I. The number of rotatable bonds is 3. The van der Waals surface area contributed by atoms with Crippen LogP contribution in [0.3, 0.4) is 0 Å². The first-order valence-corrected chi connectivity index (χ1v) is 7.46. The molecule has 1 aliphatic rings. The number of aliphatic imine (C=N–C) groups is 1. The zero-order valence-corrected chi connectivity index (χ0v) is 15.1. The van der Waals surface area contributed by atoms with Crippen LogP contribution >= 0.6 is 24.0 Å². The van der Waals surface area contributed by atoms with Gasteiger partial charge in [-0.25, -0.2) is 0 Å². The molecule has 1 N–H and O–H groups in total. The molecule has 0 bridgehead atoms. The summed E-state index contributed by atoms with van der Waals surface area (Å²) in [5, 5.41) is 3.61. The Morgan fingerprint density at radius 3 is 2.00 bits per heavy atom. The van der Waals surface area contributed by atoms with Crippen molar-refractivity contribution < 1.29 is 0 Å². The van der Waals surface area contributed by atoms with Crippen molar-refractivity contribution in [1.29, 1.82) is 0 Å². The van der Waals surface area contributed by atoms with Crippen molar-refractivity contribution in [3.8, 4) is 0 Å². The van der Waals surface area contributed by atoms with E-state index in [1.165, 1.54) is 11.1 Å². The van der Waals surface area contributed by atoms with Gasteiger partial charge in [0, 0.05) is 20.1 Å². The fraction of sp³-hybridized carbons (Fsp3) is 0.278. The molecule has 0 spiro atoms. The molecule has 0 saturated heterocycles. The molecule has 1 heterocycles. The monoisotopic (exact) mass is 407 g/mol. The molecule has 116 valence electrons. The Morgan fingerprint density at radius 2 is 1.50 bits per heavy atom. The summed E-state index contributed by atoms with van der Waals surface area (Å²) in [4.78, 5) is 6.83. The van der Waals surface area contributed by atoms with Crippen molar-refractivity contribution in [3.05, 3.63) is 71.8 Å². The van der Waals surface area contributed by atoms with Crippen LogP contribution in [-0.2, 0) is 0 Å². The van der Waals surface area contributed by atoms with Crippen LogP contribution in [0.2, 0.25) is 0 Å². The normalized spacial score (nSPS) is 14.3. The zero-order chi connectivity index (χ0) is 14.5. The number of benzene rings is 2. The molecule has 0 aromatic heterocycles. The molecule has 0 radical (unpaired) electrons. The zero-order valence-electron chi connectivity index (χ0n) is 12.8. The lowest BCUT2D eigenvalue weighted by atomic mass is 9.99. The van der Waals surface area contributed by atoms with Gasteiger partial charge in [0.05, 0.1) is 6.04 Å². The second kappa shape index (κ2) is 8.17. The minimum Gasteiger partial charge on any atom is -0.346 e. The van der Waals surface area contributed by atoms with Crippen LogP contribution in [0.1, 0.15) is 23.6 Å². The van der Waals surface area contributed by atoms with E-state index in [9.17, 15) is 0 Å². The van der Waals surface area contributed by atoms with Crippen LogP contribution in [0, 0.1) is 0 Å². The van der Waals surface area contributed by atoms with E-state index in [4.69, 9.17) is 0 Å². The number of halogens is 1. The largest absolute Gasteiger partial charge is 0.346 e. The standard InChI is InChI=1S/C18H21N3.HI/c1-21-14-8-13-19-18(21)20-17(15-9-4-2-5-10-15)16-11-6-3-7-12-16;/h2-7,9-12,17H,8,13-14H2,1H3,(H,19,20);1H. The van der Waals surface area contributed by atoms with E-state index in [2.05, 4.69) is 82.9 Å². The van der Waals surface area contributed by atoms with Gasteiger partial charge >= 0.3 is 0 Å². The number of hydrogen-bond acceptors (Lipinski definition) is 3. The Balaban J connectivity index is 0.00000176. The first-order valence-electron chi connectivity index (χ1n) is 7.46. The van der Waals surface area contributed by atoms with E-state index >= 15 is 0 Å². The quantitative estimate of drug-likeness (QED) is 0.787. The third-order valence-corrected chi connectivity index (χ3v) is 3.81. The highest BCUT2D eigenvalue weighted by atomic mass is 127. The maximum absolute atomic E-state index is 4.63. The van der Waals surface area contributed by atoms with Gasteiger partial charge < -0.3 is 10.2 Å². The van der Waals surface area contributed by atoms with Crippen molar-refractivity contribution in [2.45, 2.75) is 12.5 Å². The van der Waals surface area contributed by atoms with Crippen LogP contribution in [-0.4, -0.2) is 31.0 Å². The molecule has 3 rings (SSSR count).